The Morgan fingerprint density at radius 1 is 0.867 bits per heavy atom. The number of aliphatic hydroxyl groups is 2. The van der Waals surface area contributed by atoms with E-state index in [1.807, 2.05) is 11.4 Å². The SMILES string of the molecule is C[Si](C)(/C=C/CO)O[Si](C)(C)/C=C/CO. The Morgan fingerprint density at radius 3 is 1.47 bits per heavy atom. The normalized spacial score (nSPS) is 14.3. The van der Waals surface area contributed by atoms with Crippen LogP contribution in [-0.4, -0.2) is 40.1 Å². The predicted octanol–water partition coefficient (Wildman–Crippen LogP) is 1.59. The first-order valence-corrected chi connectivity index (χ1v) is 11.1. The highest BCUT2D eigenvalue weighted by Crippen LogP contribution is 2.16. The van der Waals surface area contributed by atoms with Crippen molar-refractivity contribution in [3.63, 3.8) is 0 Å². The fourth-order valence-electron chi connectivity index (χ4n) is 1.42. The molecule has 0 radical (unpaired) electrons. The lowest BCUT2D eigenvalue weighted by Gasteiger charge is -2.29. The third-order valence-corrected chi connectivity index (χ3v) is 8.06. The fraction of sp³-hybridized carbons (Fsp3) is 0.600. The van der Waals surface area contributed by atoms with Gasteiger partial charge in [-0.05, 0) is 26.2 Å². The Morgan fingerprint density at radius 2 is 1.20 bits per heavy atom. The summed E-state index contributed by atoms with van der Waals surface area (Å²) in [6.07, 6.45) is 3.49. The molecule has 0 amide bonds. The van der Waals surface area contributed by atoms with E-state index in [4.69, 9.17) is 14.3 Å². The Bertz CT molecular complexity index is 211. The van der Waals surface area contributed by atoms with Crippen LogP contribution in [0.2, 0.25) is 26.2 Å². The van der Waals surface area contributed by atoms with Crippen LogP contribution in [-0.2, 0) is 4.12 Å². The molecule has 0 saturated carbocycles. The van der Waals surface area contributed by atoms with E-state index >= 15 is 0 Å². The van der Waals surface area contributed by atoms with Crippen LogP contribution in [0.1, 0.15) is 0 Å². The Labute approximate surface area is 94.4 Å². The average molecular weight is 246 g/mol. The second kappa shape index (κ2) is 6.39. The van der Waals surface area contributed by atoms with Gasteiger partial charge in [0.05, 0.1) is 13.2 Å². The van der Waals surface area contributed by atoms with Gasteiger partial charge in [-0.1, -0.05) is 23.6 Å². The van der Waals surface area contributed by atoms with E-state index in [2.05, 4.69) is 26.2 Å². The first-order chi connectivity index (χ1) is 6.83. The van der Waals surface area contributed by atoms with Crippen molar-refractivity contribution in [3.05, 3.63) is 23.6 Å². The number of hydrogen-bond acceptors (Lipinski definition) is 3. The zero-order valence-electron chi connectivity index (χ0n) is 10.0. The molecule has 0 aliphatic rings. The fourth-order valence-corrected chi connectivity index (χ4v) is 8.73. The third kappa shape index (κ3) is 7.69. The van der Waals surface area contributed by atoms with Crippen molar-refractivity contribution >= 4 is 16.6 Å². The summed E-state index contributed by atoms with van der Waals surface area (Å²) in [4.78, 5) is 0. The van der Waals surface area contributed by atoms with Crippen LogP contribution in [0, 0.1) is 0 Å². The van der Waals surface area contributed by atoms with Gasteiger partial charge < -0.3 is 14.3 Å². The summed E-state index contributed by atoms with van der Waals surface area (Å²) in [7, 11) is -3.64. The van der Waals surface area contributed by atoms with Gasteiger partial charge in [0, 0.05) is 0 Å². The molecule has 0 spiro atoms. The predicted molar refractivity (Wildman–Crippen MR) is 68.5 cm³/mol. The molecule has 15 heavy (non-hydrogen) atoms. The Hall–Kier alpha value is -0.206. The second-order valence-electron chi connectivity index (χ2n) is 4.48. The van der Waals surface area contributed by atoms with Crippen molar-refractivity contribution in [1.29, 1.82) is 0 Å². The summed E-state index contributed by atoms with van der Waals surface area (Å²) in [6.45, 7) is 8.52. The summed E-state index contributed by atoms with van der Waals surface area (Å²) in [5.74, 6) is 0. The monoisotopic (exact) mass is 246 g/mol. The molecule has 3 nitrogen and oxygen atoms in total. The first kappa shape index (κ1) is 14.8. The van der Waals surface area contributed by atoms with Gasteiger partial charge in [-0.3, -0.25) is 0 Å². The third-order valence-electron chi connectivity index (χ3n) is 1.78. The Balaban J connectivity index is 4.42. The molecule has 0 bridgehead atoms. The highest BCUT2D eigenvalue weighted by atomic mass is 28.4. The quantitative estimate of drug-likeness (QED) is 0.700. The second-order valence-corrected chi connectivity index (χ2v) is 12.4. The number of aliphatic hydroxyl groups excluding tert-OH is 2. The highest BCUT2D eigenvalue weighted by Gasteiger charge is 2.28. The molecule has 0 aliphatic heterocycles. The van der Waals surface area contributed by atoms with E-state index in [1.165, 1.54) is 0 Å². The summed E-state index contributed by atoms with van der Waals surface area (Å²) < 4.78 is 6.11. The van der Waals surface area contributed by atoms with Gasteiger partial charge in [0.25, 0.3) is 0 Å². The van der Waals surface area contributed by atoms with Crippen molar-refractivity contribution < 1.29 is 14.3 Å². The van der Waals surface area contributed by atoms with Crippen LogP contribution in [0.4, 0.5) is 0 Å². The molecule has 0 heterocycles. The lowest BCUT2D eigenvalue weighted by Crippen LogP contribution is -2.42. The van der Waals surface area contributed by atoms with Crippen LogP contribution in [0.3, 0.4) is 0 Å². The maximum absolute atomic E-state index is 8.71. The van der Waals surface area contributed by atoms with Crippen molar-refractivity contribution in [1.82, 2.24) is 0 Å². The summed E-state index contributed by atoms with van der Waals surface area (Å²) in [5.41, 5.74) is 3.99. The topological polar surface area (TPSA) is 49.7 Å². The summed E-state index contributed by atoms with van der Waals surface area (Å²) in [6, 6.07) is 0. The molecule has 0 atom stereocenters. The maximum Gasteiger partial charge on any atom is 0.198 e. The van der Waals surface area contributed by atoms with Crippen LogP contribution in [0.5, 0.6) is 0 Å². The van der Waals surface area contributed by atoms with E-state index in [1.54, 1.807) is 12.2 Å². The molecule has 0 saturated heterocycles. The van der Waals surface area contributed by atoms with Crippen LogP contribution in [0.25, 0.3) is 0 Å². The average Bonchev–Trinajstić information content (AvgIpc) is 2.10. The molecule has 0 aromatic carbocycles. The standard InChI is InChI=1S/C10H22O3Si2/c1-14(2,9-5-7-11)13-15(3,4)10-6-8-12/h5-6,9-12H,7-8H2,1-4H3/b9-5+,10-6+. The number of rotatable bonds is 6. The molecule has 0 fully saturated rings. The Kier molecular flexibility index (Phi) is 6.30. The largest absolute Gasteiger partial charge is 0.449 e. The number of hydrogen-bond donors (Lipinski definition) is 2. The van der Waals surface area contributed by atoms with Gasteiger partial charge in [0.1, 0.15) is 0 Å². The van der Waals surface area contributed by atoms with Gasteiger partial charge in [0.15, 0.2) is 16.6 Å². The van der Waals surface area contributed by atoms with Crippen molar-refractivity contribution in [3.8, 4) is 0 Å². The minimum absolute atomic E-state index is 0.0637. The van der Waals surface area contributed by atoms with E-state index in [0.29, 0.717) is 0 Å². The zero-order valence-corrected chi connectivity index (χ0v) is 12.0. The summed E-state index contributed by atoms with van der Waals surface area (Å²) in [5, 5.41) is 17.4. The van der Waals surface area contributed by atoms with Gasteiger partial charge >= 0.3 is 0 Å². The highest BCUT2D eigenvalue weighted by molar-refractivity contribution is 6.89. The van der Waals surface area contributed by atoms with Crippen LogP contribution >= 0.6 is 0 Å². The van der Waals surface area contributed by atoms with Crippen molar-refractivity contribution in [2.45, 2.75) is 26.2 Å². The molecular formula is C10H22O3Si2. The van der Waals surface area contributed by atoms with Gasteiger partial charge in [-0.2, -0.15) is 0 Å². The van der Waals surface area contributed by atoms with E-state index in [9.17, 15) is 0 Å². The minimum atomic E-state index is -1.82. The van der Waals surface area contributed by atoms with Gasteiger partial charge in [-0.15, -0.1) is 0 Å². The lowest BCUT2D eigenvalue weighted by atomic mass is 10.7. The van der Waals surface area contributed by atoms with Crippen molar-refractivity contribution in [2.24, 2.45) is 0 Å². The molecule has 0 aromatic rings. The zero-order chi connectivity index (χ0) is 11.9. The van der Waals surface area contributed by atoms with E-state index in [0.717, 1.165) is 0 Å². The molecule has 2 N–H and O–H groups in total. The molecule has 88 valence electrons. The van der Waals surface area contributed by atoms with Crippen LogP contribution in [0.15, 0.2) is 23.6 Å². The molecule has 0 aliphatic carbocycles. The van der Waals surface area contributed by atoms with Crippen LogP contribution < -0.4 is 0 Å². The van der Waals surface area contributed by atoms with E-state index < -0.39 is 16.6 Å². The van der Waals surface area contributed by atoms with Gasteiger partial charge in [-0.25, -0.2) is 0 Å². The minimum Gasteiger partial charge on any atom is -0.449 e. The maximum atomic E-state index is 8.71. The first-order valence-electron chi connectivity index (χ1n) is 5.10. The van der Waals surface area contributed by atoms with Gasteiger partial charge in [0.2, 0.25) is 0 Å². The molecular weight excluding hydrogens is 224 g/mol. The van der Waals surface area contributed by atoms with E-state index in [-0.39, 0.29) is 13.2 Å². The van der Waals surface area contributed by atoms with Crippen molar-refractivity contribution in [2.75, 3.05) is 13.2 Å². The molecule has 0 rings (SSSR count). The molecule has 0 aromatic heterocycles. The summed E-state index contributed by atoms with van der Waals surface area (Å²) >= 11 is 0. The molecule has 0 unspecified atom stereocenters. The lowest BCUT2D eigenvalue weighted by molar-refractivity contribution is 0.342. The smallest absolute Gasteiger partial charge is 0.198 e. The molecule has 5 heteroatoms.